The molecule has 1 aliphatic rings. The van der Waals surface area contributed by atoms with E-state index in [9.17, 15) is 8.42 Å². The first-order valence-electron chi connectivity index (χ1n) is 6.19. The fraction of sp³-hybridized carbons (Fsp3) is 0.538. The molecule has 2 atom stereocenters. The lowest BCUT2D eigenvalue weighted by Gasteiger charge is -2.37. The molecule has 1 aromatic rings. The quantitative estimate of drug-likeness (QED) is 0.877. The first-order chi connectivity index (χ1) is 8.39. The van der Waals surface area contributed by atoms with Crippen LogP contribution in [-0.2, 0) is 9.84 Å². The van der Waals surface area contributed by atoms with Gasteiger partial charge in [0.15, 0.2) is 9.84 Å². The van der Waals surface area contributed by atoms with Gasteiger partial charge < -0.3 is 10.6 Å². The van der Waals surface area contributed by atoms with Crippen LogP contribution in [0.2, 0.25) is 0 Å². The maximum atomic E-state index is 11.8. The van der Waals surface area contributed by atoms with Crippen molar-refractivity contribution in [1.82, 2.24) is 0 Å². The molecule has 0 bridgehead atoms. The standard InChI is InChI=1S/C13H20N2O2S/c1-10-9-15(8-7-11(10)14)12-5-3-4-6-13(12)18(2,16)17/h3-6,10-11H,7-9,14H2,1-2H3. The summed E-state index contributed by atoms with van der Waals surface area (Å²) >= 11 is 0. The normalized spacial score (nSPS) is 25.2. The van der Waals surface area contributed by atoms with E-state index in [-0.39, 0.29) is 6.04 Å². The predicted octanol–water partition coefficient (Wildman–Crippen LogP) is 1.26. The van der Waals surface area contributed by atoms with Crippen LogP contribution in [0.15, 0.2) is 29.2 Å². The van der Waals surface area contributed by atoms with Crippen molar-refractivity contribution in [1.29, 1.82) is 0 Å². The highest BCUT2D eigenvalue weighted by molar-refractivity contribution is 7.90. The summed E-state index contributed by atoms with van der Waals surface area (Å²) in [6.07, 6.45) is 2.16. The summed E-state index contributed by atoms with van der Waals surface area (Å²) in [5.74, 6) is 0.381. The average molecular weight is 268 g/mol. The van der Waals surface area contributed by atoms with E-state index in [1.54, 1.807) is 12.1 Å². The molecular formula is C13H20N2O2S. The molecule has 1 saturated heterocycles. The van der Waals surface area contributed by atoms with Gasteiger partial charge in [0, 0.05) is 25.4 Å². The van der Waals surface area contributed by atoms with Crippen molar-refractivity contribution in [3.05, 3.63) is 24.3 Å². The molecule has 1 aliphatic heterocycles. The number of hydrogen-bond donors (Lipinski definition) is 1. The van der Waals surface area contributed by atoms with Gasteiger partial charge in [-0.2, -0.15) is 0 Å². The van der Waals surface area contributed by atoms with Gasteiger partial charge in [-0.3, -0.25) is 0 Å². The van der Waals surface area contributed by atoms with Crippen LogP contribution >= 0.6 is 0 Å². The van der Waals surface area contributed by atoms with Crippen molar-refractivity contribution in [2.45, 2.75) is 24.3 Å². The Morgan fingerprint density at radius 2 is 2.00 bits per heavy atom. The van der Waals surface area contributed by atoms with E-state index in [1.165, 1.54) is 6.26 Å². The van der Waals surface area contributed by atoms with Crippen molar-refractivity contribution < 1.29 is 8.42 Å². The summed E-state index contributed by atoms with van der Waals surface area (Å²) < 4.78 is 23.6. The van der Waals surface area contributed by atoms with Gasteiger partial charge in [-0.1, -0.05) is 19.1 Å². The van der Waals surface area contributed by atoms with Crippen molar-refractivity contribution >= 4 is 15.5 Å². The smallest absolute Gasteiger partial charge is 0.177 e. The van der Waals surface area contributed by atoms with Crippen molar-refractivity contribution in [2.24, 2.45) is 11.7 Å². The summed E-state index contributed by atoms with van der Waals surface area (Å²) in [5.41, 5.74) is 6.80. The molecule has 0 saturated carbocycles. The van der Waals surface area contributed by atoms with Gasteiger partial charge in [0.2, 0.25) is 0 Å². The van der Waals surface area contributed by atoms with Crippen LogP contribution in [0.3, 0.4) is 0 Å². The van der Waals surface area contributed by atoms with E-state index < -0.39 is 9.84 Å². The third kappa shape index (κ3) is 2.67. The number of hydrogen-bond acceptors (Lipinski definition) is 4. The van der Waals surface area contributed by atoms with E-state index in [0.29, 0.717) is 10.8 Å². The first kappa shape index (κ1) is 13.4. The maximum Gasteiger partial charge on any atom is 0.177 e. The molecule has 1 aromatic carbocycles. The lowest BCUT2D eigenvalue weighted by molar-refractivity contribution is 0.382. The molecule has 0 radical (unpaired) electrons. The van der Waals surface area contributed by atoms with Gasteiger partial charge in [0.05, 0.1) is 10.6 Å². The molecule has 0 amide bonds. The van der Waals surface area contributed by atoms with Gasteiger partial charge in [0.1, 0.15) is 0 Å². The number of anilines is 1. The molecule has 100 valence electrons. The molecule has 5 heteroatoms. The molecule has 2 N–H and O–H groups in total. The van der Waals surface area contributed by atoms with E-state index in [0.717, 1.165) is 25.2 Å². The van der Waals surface area contributed by atoms with Crippen molar-refractivity contribution in [3.8, 4) is 0 Å². The Morgan fingerprint density at radius 1 is 1.33 bits per heavy atom. The number of piperidine rings is 1. The van der Waals surface area contributed by atoms with Crippen LogP contribution in [0.25, 0.3) is 0 Å². The Labute approximate surface area is 109 Å². The third-order valence-electron chi connectivity index (χ3n) is 3.58. The molecule has 1 fully saturated rings. The zero-order valence-electron chi connectivity index (χ0n) is 10.8. The zero-order valence-corrected chi connectivity index (χ0v) is 11.7. The minimum atomic E-state index is -3.19. The third-order valence-corrected chi connectivity index (χ3v) is 4.72. The van der Waals surface area contributed by atoms with Gasteiger partial charge >= 0.3 is 0 Å². The summed E-state index contributed by atoms with van der Waals surface area (Å²) in [5, 5.41) is 0. The number of nitrogens with two attached hydrogens (primary N) is 1. The second-order valence-corrected chi connectivity index (χ2v) is 7.10. The molecule has 2 unspecified atom stereocenters. The van der Waals surface area contributed by atoms with Crippen LogP contribution < -0.4 is 10.6 Å². The van der Waals surface area contributed by atoms with E-state index >= 15 is 0 Å². The van der Waals surface area contributed by atoms with Crippen molar-refractivity contribution in [2.75, 3.05) is 24.2 Å². The van der Waals surface area contributed by atoms with Crippen LogP contribution in [0.4, 0.5) is 5.69 Å². The van der Waals surface area contributed by atoms with Gasteiger partial charge in [0.25, 0.3) is 0 Å². The van der Waals surface area contributed by atoms with Gasteiger partial charge in [-0.25, -0.2) is 8.42 Å². The van der Waals surface area contributed by atoms with E-state index in [2.05, 4.69) is 11.8 Å². The average Bonchev–Trinajstić information content (AvgIpc) is 2.32. The van der Waals surface area contributed by atoms with Crippen molar-refractivity contribution in [3.63, 3.8) is 0 Å². The van der Waals surface area contributed by atoms with E-state index in [4.69, 9.17) is 5.73 Å². The summed E-state index contributed by atoms with van der Waals surface area (Å²) in [4.78, 5) is 2.54. The zero-order chi connectivity index (χ0) is 13.3. The largest absolute Gasteiger partial charge is 0.370 e. The summed E-state index contributed by atoms with van der Waals surface area (Å²) in [6, 6.07) is 7.40. The number of para-hydroxylation sites is 1. The highest BCUT2D eigenvalue weighted by Crippen LogP contribution is 2.28. The monoisotopic (exact) mass is 268 g/mol. The fourth-order valence-electron chi connectivity index (χ4n) is 2.41. The van der Waals surface area contributed by atoms with Crippen LogP contribution in [0.5, 0.6) is 0 Å². The molecule has 0 aromatic heterocycles. The molecule has 0 spiro atoms. The van der Waals surface area contributed by atoms with E-state index in [1.807, 2.05) is 12.1 Å². The summed E-state index contributed by atoms with van der Waals surface area (Å²) in [6.45, 7) is 3.74. The van der Waals surface area contributed by atoms with Crippen LogP contribution in [0, 0.1) is 5.92 Å². The lowest BCUT2D eigenvalue weighted by Crippen LogP contribution is -2.46. The second-order valence-electron chi connectivity index (χ2n) is 5.12. The second kappa shape index (κ2) is 4.90. The highest BCUT2D eigenvalue weighted by atomic mass is 32.2. The summed E-state index contributed by atoms with van der Waals surface area (Å²) in [7, 11) is -3.19. The number of rotatable bonds is 2. The first-order valence-corrected chi connectivity index (χ1v) is 8.08. The number of nitrogens with zero attached hydrogens (tertiary/aromatic N) is 1. The minimum Gasteiger partial charge on any atom is -0.370 e. The Bertz CT molecular complexity index is 528. The molecule has 2 rings (SSSR count). The molecular weight excluding hydrogens is 248 g/mol. The maximum absolute atomic E-state index is 11.8. The Hall–Kier alpha value is -1.07. The lowest BCUT2D eigenvalue weighted by atomic mass is 9.94. The minimum absolute atomic E-state index is 0.214. The Kier molecular flexibility index (Phi) is 3.64. The predicted molar refractivity (Wildman–Crippen MR) is 73.5 cm³/mol. The topological polar surface area (TPSA) is 63.4 Å². The Morgan fingerprint density at radius 3 is 2.61 bits per heavy atom. The number of benzene rings is 1. The fourth-order valence-corrected chi connectivity index (χ4v) is 3.32. The molecule has 18 heavy (non-hydrogen) atoms. The van der Waals surface area contributed by atoms with Gasteiger partial charge in [-0.15, -0.1) is 0 Å². The molecule has 1 heterocycles. The molecule has 0 aliphatic carbocycles. The highest BCUT2D eigenvalue weighted by Gasteiger charge is 2.26. The number of sulfone groups is 1. The SMILES string of the molecule is CC1CN(c2ccccc2S(C)(=O)=O)CCC1N. The molecule has 4 nitrogen and oxygen atoms in total. The Balaban J connectivity index is 2.35. The van der Waals surface area contributed by atoms with Gasteiger partial charge in [-0.05, 0) is 24.5 Å². The van der Waals surface area contributed by atoms with Crippen LogP contribution in [0.1, 0.15) is 13.3 Å². The van der Waals surface area contributed by atoms with Crippen LogP contribution in [-0.4, -0.2) is 33.8 Å².